The third-order valence-electron chi connectivity index (χ3n) is 4.51. The molecule has 0 N–H and O–H groups in total. The molecule has 0 saturated heterocycles. The minimum Gasteiger partial charge on any atom is -0.462 e. The average Bonchev–Trinajstić information content (AvgIpc) is 2.84. The Balaban J connectivity index is 1.73. The number of benzene rings is 1. The van der Waals surface area contributed by atoms with Gasteiger partial charge in [-0.3, -0.25) is 0 Å². The van der Waals surface area contributed by atoms with Gasteiger partial charge in [-0.25, -0.2) is 4.79 Å². The van der Waals surface area contributed by atoms with Crippen LogP contribution in [0.15, 0.2) is 24.3 Å². The Morgan fingerprint density at radius 2 is 2.05 bits per heavy atom. The summed E-state index contributed by atoms with van der Waals surface area (Å²) < 4.78 is 5.28. The SMILES string of the molecule is CC1(C)CC1(C)CCCOC(=O)c1cccc(Cl)c1. The maximum Gasteiger partial charge on any atom is 0.338 e. The van der Waals surface area contributed by atoms with Crippen molar-refractivity contribution in [3.63, 3.8) is 0 Å². The Morgan fingerprint density at radius 3 is 2.63 bits per heavy atom. The molecule has 0 heterocycles. The van der Waals surface area contributed by atoms with Crippen molar-refractivity contribution in [2.75, 3.05) is 6.61 Å². The van der Waals surface area contributed by atoms with Gasteiger partial charge in [0.25, 0.3) is 0 Å². The van der Waals surface area contributed by atoms with E-state index in [-0.39, 0.29) is 5.97 Å². The Labute approximate surface area is 120 Å². The molecular weight excluding hydrogens is 260 g/mol. The summed E-state index contributed by atoms with van der Waals surface area (Å²) in [6.07, 6.45) is 3.30. The smallest absolute Gasteiger partial charge is 0.338 e. The minimum atomic E-state index is -0.289. The number of carbonyl (C=O) groups is 1. The fraction of sp³-hybridized carbons (Fsp3) is 0.562. The van der Waals surface area contributed by atoms with E-state index in [0.717, 1.165) is 12.8 Å². The lowest BCUT2D eigenvalue weighted by molar-refractivity contribution is 0.0490. The van der Waals surface area contributed by atoms with E-state index >= 15 is 0 Å². The molecule has 1 saturated carbocycles. The number of halogens is 1. The van der Waals surface area contributed by atoms with Crippen molar-refractivity contribution in [3.8, 4) is 0 Å². The van der Waals surface area contributed by atoms with Gasteiger partial charge in [-0.05, 0) is 48.3 Å². The van der Waals surface area contributed by atoms with Crippen LogP contribution in [-0.4, -0.2) is 12.6 Å². The number of esters is 1. The van der Waals surface area contributed by atoms with Crippen molar-refractivity contribution in [1.29, 1.82) is 0 Å². The molecule has 1 aliphatic carbocycles. The first-order valence-corrected chi connectivity index (χ1v) is 7.15. The molecule has 104 valence electrons. The molecule has 1 aromatic carbocycles. The van der Waals surface area contributed by atoms with E-state index in [9.17, 15) is 4.79 Å². The standard InChI is InChI=1S/C16H21ClO2/c1-15(2)11-16(15,3)8-5-9-19-14(18)12-6-4-7-13(17)10-12/h4,6-7,10H,5,8-9,11H2,1-3H3. The van der Waals surface area contributed by atoms with Gasteiger partial charge in [0, 0.05) is 5.02 Å². The Hall–Kier alpha value is -1.02. The summed E-state index contributed by atoms with van der Waals surface area (Å²) in [6, 6.07) is 6.86. The van der Waals surface area contributed by atoms with E-state index in [1.54, 1.807) is 24.3 Å². The normalized spacial score (nSPS) is 24.0. The second-order valence-electron chi connectivity index (χ2n) is 6.37. The second-order valence-corrected chi connectivity index (χ2v) is 6.81. The van der Waals surface area contributed by atoms with E-state index in [1.807, 2.05) is 0 Å². The van der Waals surface area contributed by atoms with Gasteiger partial charge in [-0.2, -0.15) is 0 Å². The third-order valence-corrected chi connectivity index (χ3v) is 4.74. The molecule has 0 amide bonds. The first-order chi connectivity index (χ1) is 8.84. The maximum atomic E-state index is 11.8. The van der Waals surface area contributed by atoms with Crippen molar-refractivity contribution >= 4 is 17.6 Å². The fourth-order valence-electron chi connectivity index (χ4n) is 2.68. The van der Waals surface area contributed by atoms with E-state index in [1.165, 1.54) is 6.42 Å². The van der Waals surface area contributed by atoms with Crippen molar-refractivity contribution in [2.45, 2.75) is 40.0 Å². The van der Waals surface area contributed by atoms with Crippen LogP contribution in [0.2, 0.25) is 5.02 Å². The molecule has 1 aromatic rings. The van der Waals surface area contributed by atoms with E-state index in [2.05, 4.69) is 20.8 Å². The zero-order valence-corrected chi connectivity index (χ0v) is 12.6. The van der Waals surface area contributed by atoms with Crippen LogP contribution in [0, 0.1) is 10.8 Å². The van der Waals surface area contributed by atoms with Crippen LogP contribution in [-0.2, 0) is 4.74 Å². The van der Waals surface area contributed by atoms with Gasteiger partial charge < -0.3 is 4.74 Å². The summed E-state index contributed by atoms with van der Waals surface area (Å²) in [7, 11) is 0. The van der Waals surface area contributed by atoms with E-state index in [0.29, 0.717) is 28.0 Å². The molecule has 1 atom stereocenters. The van der Waals surface area contributed by atoms with Crippen LogP contribution >= 0.6 is 11.6 Å². The molecule has 19 heavy (non-hydrogen) atoms. The molecule has 0 bridgehead atoms. The van der Waals surface area contributed by atoms with Gasteiger partial charge >= 0.3 is 5.97 Å². The predicted octanol–water partition coefficient (Wildman–Crippen LogP) is 4.71. The van der Waals surface area contributed by atoms with Crippen LogP contribution in [0.25, 0.3) is 0 Å². The minimum absolute atomic E-state index is 0.289. The summed E-state index contributed by atoms with van der Waals surface area (Å²) in [5.41, 5.74) is 1.39. The fourth-order valence-corrected chi connectivity index (χ4v) is 2.87. The quantitative estimate of drug-likeness (QED) is 0.576. The molecule has 3 heteroatoms. The summed E-state index contributed by atoms with van der Waals surface area (Å²) >= 11 is 5.84. The predicted molar refractivity (Wildman–Crippen MR) is 77.5 cm³/mol. The number of hydrogen-bond acceptors (Lipinski definition) is 2. The highest BCUT2D eigenvalue weighted by atomic mass is 35.5. The molecule has 0 aliphatic heterocycles. The monoisotopic (exact) mass is 280 g/mol. The molecule has 2 rings (SSSR count). The van der Waals surface area contributed by atoms with Crippen LogP contribution in [0.3, 0.4) is 0 Å². The summed E-state index contributed by atoms with van der Waals surface area (Å²) in [6.45, 7) is 7.39. The maximum absolute atomic E-state index is 11.8. The highest BCUT2D eigenvalue weighted by Gasteiger charge is 2.56. The van der Waals surface area contributed by atoms with Crippen LogP contribution in [0.5, 0.6) is 0 Å². The van der Waals surface area contributed by atoms with Gasteiger partial charge in [0.05, 0.1) is 12.2 Å². The van der Waals surface area contributed by atoms with Gasteiger partial charge in [0.15, 0.2) is 0 Å². The lowest BCUT2D eigenvalue weighted by Crippen LogP contribution is -2.09. The number of ether oxygens (including phenoxy) is 1. The third kappa shape index (κ3) is 3.30. The van der Waals surface area contributed by atoms with Crippen LogP contribution < -0.4 is 0 Å². The summed E-state index contributed by atoms with van der Waals surface area (Å²) in [5, 5.41) is 0.557. The summed E-state index contributed by atoms with van der Waals surface area (Å²) in [4.78, 5) is 11.8. The van der Waals surface area contributed by atoms with Crippen LogP contribution in [0.1, 0.15) is 50.4 Å². The van der Waals surface area contributed by atoms with Crippen molar-refractivity contribution in [3.05, 3.63) is 34.9 Å². The van der Waals surface area contributed by atoms with Crippen molar-refractivity contribution in [1.82, 2.24) is 0 Å². The van der Waals surface area contributed by atoms with Crippen molar-refractivity contribution < 1.29 is 9.53 Å². The molecule has 0 spiro atoms. The highest BCUT2D eigenvalue weighted by Crippen LogP contribution is 2.65. The molecule has 1 aliphatic rings. The number of hydrogen-bond donors (Lipinski definition) is 0. The Bertz CT molecular complexity index is 481. The zero-order chi connectivity index (χ0) is 14.1. The number of carbonyl (C=O) groups excluding carboxylic acids is 1. The Morgan fingerprint density at radius 1 is 1.37 bits per heavy atom. The first-order valence-electron chi connectivity index (χ1n) is 6.77. The van der Waals surface area contributed by atoms with Crippen LogP contribution in [0.4, 0.5) is 0 Å². The number of rotatable bonds is 5. The largest absolute Gasteiger partial charge is 0.462 e. The molecule has 1 fully saturated rings. The first kappa shape index (κ1) is 14.4. The van der Waals surface area contributed by atoms with Gasteiger partial charge in [-0.1, -0.05) is 38.4 Å². The van der Waals surface area contributed by atoms with Crippen molar-refractivity contribution in [2.24, 2.45) is 10.8 Å². The van der Waals surface area contributed by atoms with Gasteiger partial charge in [-0.15, -0.1) is 0 Å². The molecule has 0 radical (unpaired) electrons. The topological polar surface area (TPSA) is 26.3 Å². The summed E-state index contributed by atoms with van der Waals surface area (Å²) in [5.74, 6) is -0.289. The Kier molecular flexibility index (Phi) is 3.91. The average molecular weight is 281 g/mol. The highest BCUT2D eigenvalue weighted by molar-refractivity contribution is 6.30. The molecule has 1 unspecified atom stereocenters. The van der Waals surface area contributed by atoms with E-state index < -0.39 is 0 Å². The van der Waals surface area contributed by atoms with Gasteiger partial charge in [0.2, 0.25) is 0 Å². The zero-order valence-electron chi connectivity index (χ0n) is 11.8. The lowest BCUT2D eigenvalue weighted by atomic mass is 9.93. The molecular formula is C16H21ClO2. The molecule has 0 aromatic heterocycles. The van der Waals surface area contributed by atoms with E-state index in [4.69, 9.17) is 16.3 Å². The second kappa shape index (κ2) is 5.16. The van der Waals surface area contributed by atoms with Gasteiger partial charge in [0.1, 0.15) is 0 Å². The molecule has 2 nitrogen and oxygen atoms in total. The lowest BCUT2D eigenvalue weighted by Gasteiger charge is -2.14.